The molecule has 90 heavy (non-hydrogen) atoms. The van der Waals surface area contributed by atoms with E-state index in [1.54, 1.807) is 6.07 Å². The molecule has 0 fully saturated rings. The lowest BCUT2D eigenvalue weighted by Gasteiger charge is -2.27. The average molecular weight is 1330 g/mol. The molecule has 0 aliphatic carbocycles. The predicted molar refractivity (Wildman–Crippen MR) is 289 cm³/mol. The number of benzene rings is 4. The van der Waals surface area contributed by atoms with E-state index in [1.165, 1.54) is 19.3 Å². The molecule has 0 heterocycles. The summed E-state index contributed by atoms with van der Waals surface area (Å²) in [5.74, 6) is -4.57. The third-order valence-corrected chi connectivity index (χ3v) is 14.3. The third kappa shape index (κ3) is 29.1. The molecule has 4 nitrogen and oxygen atoms in total. The topological polar surface area (TPSA) is 32.1 Å². The average Bonchev–Trinajstić information content (AvgIpc) is 0.795. The van der Waals surface area contributed by atoms with Crippen LogP contribution in [-0.4, -0.2) is 20.4 Å². The van der Waals surface area contributed by atoms with Gasteiger partial charge in [-0.25, -0.2) is 0 Å². The van der Waals surface area contributed by atoms with Gasteiger partial charge in [0.25, 0.3) is 0 Å². The molecule has 0 spiro atoms. The Hall–Kier alpha value is -5.38. The van der Waals surface area contributed by atoms with Crippen LogP contribution in [0.25, 0.3) is 0 Å². The molecule has 0 saturated carbocycles. The van der Waals surface area contributed by atoms with E-state index in [9.17, 15) is 92.2 Å². The van der Waals surface area contributed by atoms with E-state index in [-0.39, 0.29) is 85.4 Å². The van der Waals surface area contributed by atoms with Crippen molar-refractivity contribution in [2.45, 2.75) is 224 Å². The lowest BCUT2D eigenvalue weighted by Crippen LogP contribution is -3.07. The summed E-state index contributed by atoms with van der Waals surface area (Å²) in [5, 5.41) is 0. The Morgan fingerprint density at radius 3 is 0.822 bits per heavy atom. The van der Waals surface area contributed by atoms with Crippen LogP contribution in [0.15, 0.2) is 66.7 Å². The van der Waals surface area contributed by atoms with E-state index in [1.807, 2.05) is 0 Å². The van der Waals surface area contributed by atoms with Crippen LogP contribution in [0.3, 0.4) is 0 Å². The highest BCUT2D eigenvalue weighted by molar-refractivity contribution is 6.39. The van der Waals surface area contributed by atoms with Crippen molar-refractivity contribution >= 4 is 13.0 Å². The molecule has 0 radical (unpaired) electrons. The Bertz CT molecular complexity index is 2540. The van der Waals surface area contributed by atoms with Crippen molar-refractivity contribution in [3.05, 3.63) is 117 Å². The van der Waals surface area contributed by atoms with E-state index < -0.39 is 124 Å². The Morgan fingerprint density at radius 2 is 0.556 bits per heavy atom. The molecule has 4 rings (SSSR count). The number of halogens is 24. The fraction of sp³-hybridized carbons (Fsp3) is 0.607. The molecule has 29 heteroatoms. The maximum Gasteiger partial charge on any atom is 0.864 e. The lowest BCUT2D eigenvalue weighted by atomic mass is 10.0. The van der Waals surface area contributed by atoms with Gasteiger partial charge < -0.3 is 14.0 Å². The number of unbranched alkanes of at least 4 members (excludes halogenated alkanes) is 23. The van der Waals surface area contributed by atoms with E-state index in [4.69, 9.17) is 14.0 Å². The highest BCUT2D eigenvalue weighted by atomic mass is 19.4. The Labute approximate surface area is 507 Å². The zero-order valence-corrected chi connectivity index (χ0v) is 49.3. The minimum Gasteiger partial charge on any atom is -0.490 e. The second-order valence-corrected chi connectivity index (χ2v) is 21.8. The van der Waals surface area contributed by atoms with Crippen LogP contribution in [0.1, 0.15) is 219 Å². The van der Waals surface area contributed by atoms with Crippen LogP contribution in [0, 0.1) is 6.07 Å². The zero-order valence-electron chi connectivity index (χ0n) is 49.3. The molecule has 0 saturated heterocycles. The normalized spacial score (nSPS) is 13.3. The molecule has 0 aromatic heterocycles. The van der Waals surface area contributed by atoms with Crippen LogP contribution in [0.4, 0.5) is 111 Å². The minimum absolute atomic E-state index is 0.0105. The summed E-state index contributed by atoms with van der Waals surface area (Å²) in [5.41, 5.74) is -16.1. The lowest BCUT2D eigenvalue weighted by molar-refractivity contribution is -0.834. The summed E-state index contributed by atoms with van der Waals surface area (Å²) in [6.45, 7) is 3.83. The summed E-state index contributed by atoms with van der Waals surface area (Å²) in [6.07, 6.45) is -21.0. The van der Waals surface area contributed by atoms with Gasteiger partial charge in [-0.05, 0) is 74.2 Å². The molecule has 0 bridgehead atoms. The molecule has 1 atom stereocenters. The Balaban J connectivity index is 0.00000132. The SMILES string of the molecule is CCCCCCCCCCCCCCCC[NH+](CCCCCCCCCCCCC)c1c(OB(Oc2cc(C(F)(F)F)cc(C(F)(F)F)c2)Oc2cc(C(F)(F)F)cc(C(F)(F)F)c2)cc(C(F)(F)F)cc1C(F)(F)F.FC(F)(F)c1c[c-]cc(C(F)(F)F)c1. The van der Waals surface area contributed by atoms with Gasteiger partial charge in [-0.2, -0.15) is 124 Å². The molecule has 0 aliphatic heterocycles. The van der Waals surface area contributed by atoms with E-state index >= 15 is 13.2 Å². The molecule has 0 amide bonds. The number of rotatable bonds is 34. The third-order valence-electron chi connectivity index (χ3n) is 14.3. The number of quaternary nitrogens is 1. The predicted octanol–water partition coefficient (Wildman–Crippen LogP) is 23.2. The number of hydrogen-bond acceptors (Lipinski definition) is 3. The molecule has 510 valence electrons. The summed E-state index contributed by atoms with van der Waals surface area (Å²) >= 11 is 0. The van der Waals surface area contributed by atoms with Crippen molar-refractivity contribution in [1.82, 2.24) is 0 Å². The van der Waals surface area contributed by atoms with Gasteiger partial charge in [-0.15, -0.1) is 6.07 Å². The first-order valence-electron chi connectivity index (χ1n) is 29.6. The van der Waals surface area contributed by atoms with Gasteiger partial charge in [-0.3, -0.25) is 4.90 Å². The van der Waals surface area contributed by atoms with Gasteiger partial charge in [0.1, 0.15) is 17.1 Å². The number of nitrogens with one attached hydrogen (secondary N) is 1. The van der Waals surface area contributed by atoms with Crippen molar-refractivity contribution in [2.24, 2.45) is 0 Å². The van der Waals surface area contributed by atoms with Crippen molar-refractivity contribution < 1.29 is 124 Å². The molecular formula is C61H72BF24NO3. The van der Waals surface area contributed by atoms with Crippen LogP contribution in [0.5, 0.6) is 17.2 Å². The molecule has 1 N–H and O–H groups in total. The van der Waals surface area contributed by atoms with Gasteiger partial charge >= 0.3 is 56.7 Å². The Kier molecular flexibility index (Phi) is 31.2. The molecule has 1 unspecified atom stereocenters. The van der Waals surface area contributed by atoms with Crippen LogP contribution in [-0.2, 0) is 49.4 Å². The maximum absolute atomic E-state index is 15.3. The van der Waals surface area contributed by atoms with Crippen molar-refractivity contribution in [3.63, 3.8) is 0 Å². The van der Waals surface area contributed by atoms with Crippen LogP contribution >= 0.6 is 0 Å². The quantitative estimate of drug-likeness (QED) is 0.0219. The fourth-order valence-electron chi connectivity index (χ4n) is 9.56. The van der Waals surface area contributed by atoms with Crippen molar-refractivity contribution in [2.75, 3.05) is 13.1 Å². The molecular weight excluding hydrogens is 1260 g/mol. The fourth-order valence-corrected chi connectivity index (χ4v) is 9.56. The zero-order chi connectivity index (χ0) is 67.8. The maximum atomic E-state index is 15.3. The Morgan fingerprint density at radius 1 is 0.300 bits per heavy atom. The first-order valence-corrected chi connectivity index (χ1v) is 29.6. The standard InChI is InChI=1S/C53H68BF18NO3.C8H3F6/c1-3-5-7-9-11-13-15-16-17-19-21-23-25-27-29-73(28-26-24-22-20-18-14-12-10-8-6-4-2)47-45(53(70,71)72)36-42(52(67,68)69)37-46(47)76-54(74-43-32-38(48(55,56)57)30-39(33-43)49(58,59)60)75-44-34-40(50(61,62)63)31-41(35-44)51(64,65)66;9-7(10,11)5-2-1-3-6(4-5)8(12,13)14/h30-37H,3-29H2,1-2H3;2-4H/q;-1/p+1. The summed E-state index contributed by atoms with van der Waals surface area (Å²) in [7, 11) is -3.26. The second-order valence-electron chi connectivity index (χ2n) is 21.8. The van der Waals surface area contributed by atoms with Crippen molar-refractivity contribution in [1.29, 1.82) is 0 Å². The van der Waals surface area contributed by atoms with Gasteiger partial charge in [-0.1, -0.05) is 160 Å². The molecule has 4 aromatic carbocycles. The van der Waals surface area contributed by atoms with E-state index in [2.05, 4.69) is 13.8 Å². The number of alkyl halides is 24. The van der Waals surface area contributed by atoms with E-state index in [0.29, 0.717) is 37.8 Å². The number of hydrogen-bond donors (Lipinski definition) is 1. The largest absolute Gasteiger partial charge is 0.864 e. The van der Waals surface area contributed by atoms with Gasteiger partial charge in [0.15, 0.2) is 11.4 Å². The van der Waals surface area contributed by atoms with Gasteiger partial charge in [0.05, 0.1) is 40.9 Å². The van der Waals surface area contributed by atoms with E-state index in [0.717, 1.165) is 103 Å². The minimum atomic E-state index is -5.63. The molecule has 4 aromatic rings. The van der Waals surface area contributed by atoms with Gasteiger partial charge in [0.2, 0.25) is 0 Å². The first-order chi connectivity index (χ1) is 41.7. The first kappa shape index (κ1) is 78.9. The second kappa shape index (κ2) is 35.6. The molecule has 0 aliphatic rings. The monoisotopic (exact) mass is 1330 g/mol. The van der Waals surface area contributed by atoms with Crippen molar-refractivity contribution in [3.8, 4) is 17.2 Å². The summed E-state index contributed by atoms with van der Waals surface area (Å²) in [6, 6.07) is 1.28. The highest BCUT2D eigenvalue weighted by Crippen LogP contribution is 2.45. The summed E-state index contributed by atoms with van der Waals surface area (Å²) in [4.78, 5) is -0.137. The summed E-state index contributed by atoms with van der Waals surface area (Å²) < 4.78 is 344. The van der Waals surface area contributed by atoms with Crippen LogP contribution < -0.4 is 18.9 Å². The van der Waals surface area contributed by atoms with Gasteiger partial charge in [0, 0.05) is 0 Å². The smallest absolute Gasteiger partial charge is 0.490 e. The van der Waals surface area contributed by atoms with Crippen LogP contribution in [0.2, 0.25) is 0 Å². The highest BCUT2D eigenvalue weighted by Gasteiger charge is 2.47.